The number of nitrogens with one attached hydrogen (secondary N) is 2. The van der Waals surface area contributed by atoms with Gasteiger partial charge < -0.3 is 20.1 Å². The van der Waals surface area contributed by atoms with Crippen LogP contribution in [0.5, 0.6) is 5.75 Å². The van der Waals surface area contributed by atoms with Crippen LogP contribution in [0.2, 0.25) is 0 Å². The molecule has 1 unspecified atom stereocenters. The van der Waals surface area contributed by atoms with Crippen molar-refractivity contribution in [2.24, 2.45) is 0 Å². The molecule has 0 saturated heterocycles. The van der Waals surface area contributed by atoms with Gasteiger partial charge in [0.15, 0.2) is 6.10 Å². The molecular weight excluding hydrogens is 360 g/mol. The lowest BCUT2D eigenvalue weighted by molar-refractivity contribution is -0.153. The van der Waals surface area contributed by atoms with Gasteiger partial charge in [-0.1, -0.05) is 30.3 Å². The number of carbonyl (C=O) groups is 3. The fourth-order valence-corrected chi connectivity index (χ4v) is 2.38. The molecule has 2 N–H and O–H groups in total. The van der Waals surface area contributed by atoms with Crippen LogP contribution in [-0.4, -0.2) is 37.5 Å². The van der Waals surface area contributed by atoms with Crippen LogP contribution in [0.1, 0.15) is 18.9 Å². The predicted octanol–water partition coefficient (Wildman–Crippen LogP) is 2.31. The van der Waals surface area contributed by atoms with Crippen LogP contribution in [0.15, 0.2) is 54.6 Å². The largest absolute Gasteiger partial charge is 0.497 e. The Hall–Kier alpha value is -3.35. The monoisotopic (exact) mass is 384 g/mol. The van der Waals surface area contributed by atoms with Crippen molar-refractivity contribution in [1.29, 1.82) is 0 Å². The van der Waals surface area contributed by atoms with E-state index in [-0.39, 0.29) is 25.3 Å². The molecule has 0 radical (unpaired) electrons. The molecule has 7 heteroatoms. The number of amides is 2. The maximum Gasteiger partial charge on any atom is 0.308 e. The summed E-state index contributed by atoms with van der Waals surface area (Å²) < 4.78 is 10.2. The minimum absolute atomic E-state index is 0.0132. The second-order valence-electron chi connectivity index (χ2n) is 6.11. The molecule has 0 aliphatic rings. The Kier molecular flexibility index (Phi) is 8.02. The maximum atomic E-state index is 12.1. The van der Waals surface area contributed by atoms with Crippen molar-refractivity contribution >= 4 is 23.5 Å². The number of rotatable bonds is 9. The highest BCUT2D eigenvalue weighted by Crippen LogP contribution is 2.15. The molecule has 2 amide bonds. The average molecular weight is 384 g/mol. The number of hydrogen-bond acceptors (Lipinski definition) is 5. The fourth-order valence-electron chi connectivity index (χ4n) is 2.38. The van der Waals surface area contributed by atoms with E-state index in [9.17, 15) is 14.4 Å². The van der Waals surface area contributed by atoms with Crippen molar-refractivity contribution in [1.82, 2.24) is 5.32 Å². The van der Waals surface area contributed by atoms with Crippen molar-refractivity contribution in [3.8, 4) is 5.75 Å². The quantitative estimate of drug-likeness (QED) is 0.647. The average Bonchev–Trinajstić information content (AvgIpc) is 2.69. The Labute approximate surface area is 164 Å². The lowest BCUT2D eigenvalue weighted by Gasteiger charge is -2.14. The fraction of sp³-hybridized carbons (Fsp3) is 0.286. The molecule has 0 bridgehead atoms. The van der Waals surface area contributed by atoms with Crippen LogP contribution in [-0.2, 0) is 25.5 Å². The number of esters is 1. The molecule has 0 saturated carbocycles. The number of ether oxygens (including phenoxy) is 2. The van der Waals surface area contributed by atoms with Gasteiger partial charge in [-0.3, -0.25) is 14.4 Å². The zero-order valence-electron chi connectivity index (χ0n) is 15.9. The van der Waals surface area contributed by atoms with Crippen LogP contribution in [0.25, 0.3) is 0 Å². The number of hydrogen-bond donors (Lipinski definition) is 2. The first-order valence-electron chi connectivity index (χ1n) is 8.93. The minimum Gasteiger partial charge on any atom is -0.497 e. The molecule has 0 spiro atoms. The van der Waals surface area contributed by atoms with E-state index in [0.29, 0.717) is 11.4 Å². The zero-order chi connectivity index (χ0) is 20.4. The van der Waals surface area contributed by atoms with Gasteiger partial charge in [0.05, 0.1) is 20.0 Å². The molecule has 0 aliphatic heterocycles. The normalized spacial score (nSPS) is 11.2. The minimum atomic E-state index is -0.949. The number of anilines is 1. The smallest absolute Gasteiger partial charge is 0.308 e. The molecule has 148 valence electrons. The molecule has 28 heavy (non-hydrogen) atoms. The topological polar surface area (TPSA) is 93.7 Å². The molecule has 0 aromatic heterocycles. The second kappa shape index (κ2) is 10.7. The van der Waals surface area contributed by atoms with Crippen LogP contribution >= 0.6 is 0 Å². The Morgan fingerprint density at radius 3 is 2.32 bits per heavy atom. The lowest BCUT2D eigenvalue weighted by Crippen LogP contribution is -2.32. The van der Waals surface area contributed by atoms with Gasteiger partial charge in [0, 0.05) is 12.2 Å². The van der Waals surface area contributed by atoms with Gasteiger partial charge >= 0.3 is 5.97 Å². The molecule has 2 aromatic carbocycles. The summed E-state index contributed by atoms with van der Waals surface area (Å²) in [5, 5.41) is 5.32. The third kappa shape index (κ3) is 7.11. The van der Waals surface area contributed by atoms with Gasteiger partial charge in [0.1, 0.15) is 5.75 Å². The van der Waals surface area contributed by atoms with Crippen molar-refractivity contribution in [3.63, 3.8) is 0 Å². The van der Waals surface area contributed by atoms with Crippen LogP contribution in [0.3, 0.4) is 0 Å². The van der Waals surface area contributed by atoms with Crippen LogP contribution < -0.4 is 15.4 Å². The van der Waals surface area contributed by atoms with E-state index < -0.39 is 18.0 Å². The van der Waals surface area contributed by atoms with Crippen molar-refractivity contribution in [3.05, 3.63) is 60.2 Å². The molecule has 0 aliphatic carbocycles. The first-order valence-corrected chi connectivity index (χ1v) is 8.93. The van der Waals surface area contributed by atoms with Crippen molar-refractivity contribution in [2.45, 2.75) is 25.9 Å². The summed E-state index contributed by atoms with van der Waals surface area (Å²) in [6, 6.07) is 16.1. The zero-order valence-corrected chi connectivity index (χ0v) is 15.9. The standard InChI is InChI=1S/C21H24N2O5/c1-15(21(26)23-17-8-10-18(27-2)11-9-17)28-20(25)12-13-22-19(24)14-16-6-4-3-5-7-16/h3-11,15H,12-14H2,1-2H3,(H,22,24)(H,23,26). The molecule has 2 aromatic rings. The summed E-state index contributed by atoms with van der Waals surface area (Å²) in [6.45, 7) is 1.64. The van der Waals surface area contributed by atoms with Gasteiger partial charge in [0.25, 0.3) is 5.91 Å². The van der Waals surface area contributed by atoms with Gasteiger partial charge in [-0.25, -0.2) is 0 Å². The molecular formula is C21H24N2O5. The molecule has 2 rings (SSSR count). The highest BCUT2D eigenvalue weighted by atomic mass is 16.5. The van der Waals surface area contributed by atoms with Crippen molar-refractivity contribution < 1.29 is 23.9 Å². The molecule has 7 nitrogen and oxygen atoms in total. The Morgan fingerprint density at radius 1 is 1.00 bits per heavy atom. The molecule has 1 atom stereocenters. The summed E-state index contributed by atoms with van der Waals surface area (Å²) in [5.41, 5.74) is 1.47. The van der Waals surface area contributed by atoms with E-state index in [1.807, 2.05) is 30.3 Å². The second-order valence-corrected chi connectivity index (χ2v) is 6.11. The number of carbonyl (C=O) groups excluding carboxylic acids is 3. The Bertz CT molecular complexity index is 790. The summed E-state index contributed by atoms with van der Waals surface area (Å²) in [5.74, 6) is -0.500. The van der Waals surface area contributed by atoms with Gasteiger partial charge in [-0.2, -0.15) is 0 Å². The summed E-state index contributed by atoms with van der Waals surface area (Å²) in [4.78, 5) is 35.8. The SMILES string of the molecule is COc1ccc(NC(=O)C(C)OC(=O)CCNC(=O)Cc2ccccc2)cc1. The Morgan fingerprint density at radius 2 is 1.68 bits per heavy atom. The summed E-state index contributed by atoms with van der Waals surface area (Å²) in [7, 11) is 1.55. The first kappa shape index (κ1) is 21.0. The highest BCUT2D eigenvalue weighted by molar-refractivity contribution is 5.95. The highest BCUT2D eigenvalue weighted by Gasteiger charge is 2.18. The number of benzene rings is 2. The van der Waals surface area contributed by atoms with E-state index in [2.05, 4.69) is 10.6 Å². The van der Waals surface area contributed by atoms with Gasteiger partial charge in [-0.15, -0.1) is 0 Å². The van der Waals surface area contributed by atoms with E-state index in [1.54, 1.807) is 31.4 Å². The first-order chi connectivity index (χ1) is 13.5. The summed E-state index contributed by atoms with van der Waals surface area (Å²) in [6.07, 6.45) is -0.716. The van der Waals surface area contributed by atoms with Crippen LogP contribution in [0.4, 0.5) is 5.69 Å². The summed E-state index contributed by atoms with van der Waals surface area (Å²) >= 11 is 0. The van der Waals surface area contributed by atoms with Gasteiger partial charge in [-0.05, 0) is 36.8 Å². The lowest BCUT2D eigenvalue weighted by atomic mass is 10.1. The molecule has 0 heterocycles. The van der Waals surface area contributed by atoms with E-state index in [1.165, 1.54) is 6.92 Å². The maximum absolute atomic E-state index is 12.1. The molecule has 0 fully saturated rings. The van der Waals surface area contributed by atoms with Crippen LogP contribution in [0, 0.1) is 0 Å². The van der Waals surface area contributed by atoms with Gasteiger partial charge in [0.2, 0.25) is 5.91 Å². The number of methoxy groups -OCH3 is 1. The third-order valence-corrected chi connectivity index (χ3v) is 3.89. The Balaban J connectivity index is 1.68. The van der Waals surface area contributed by atoms with E-state index in [4.69, 9.17) is 9.47 Å². The van der Waals surface area contributed by atoms with E-state index >= 15 is 0 Å². The third-order valence-electron chi connectivity index (χ3n) is 3.89. The predicted molar refractivity (Wildman–Crippen MR) is 105 cm³/mol. The van der Waals surface area contributed by atoms with Crippen molar-refractivity contribution in [2.75, 3.05) is 19.0 Å². The van der Waals surface area contributed by atoms with E-state index in [0.717, 1.165) is 5.56 Å².